The van der Waals surface area contributed by atoms with Crippen molar-refractivity contribution in [1.29, 1.82) is 0 Å². The number of aryl methyl sites for hydroxylation is 2. The first-order valence-corrected chi connectivity index (χ1v) is 5.76. The summed E-state index contributed by atoms with van der Waals surface area (Å²) in [4.78, 5) is 0.776. The molecule has 1 N–H and O–H groups in total. The minimum absolute atomic E-state index is 0.647. The number of nitrogens with zero attached hydrogens (tertiary/aromatic N) is 2. The van der Waals surface area contributed by atoms with Gasteiger partial charge in [-0.2, -0.15) is 5.10 Å². The van der Waals surface area contributed by atoms with E-state index < -0.39 is 6.10 Å². The van der Waals surface area contributed by atoms with Crippen molar-refractivity contribution in [3.8, 4) is 0 Å². The van der Waals surface area contributed by atoms with Gasteiger partial charge in [0.1, 0.15) is 6.10 Å². The number of thiophene rings is 1. The van der Waals surface area contributed by atoms with Gasteiger partial charge in [-0.15, -0.1) is 11.3 Å². The summed E-state index contributed by atoms with van der Waals surface area (Å²) in [5, 5.41) is 16.7. The van der Waals surface area contributed by atoms with Crippen molar-refractivity contribution in [2.75, 3.05) is 0 Å². The van der Waals surface area contributed by atoms with Gasteiger partial charge < -0.3 is 5.11 Å². The van der Waals surface area contributed by atoms with E-state index in [2.05, 4.69) is 5.10 Å². The first-order chi connectivity index (χ1) is 7.11. The summed E-state index contributed by atoms with van der Waals surface area (Å²) in [6.07, 6.45) is 0.969. The fourth-order valence-corrected chi connectivity index (χ4v) is 2.71. The summed E-state index contributed by atoms with van der Waals surface area (Å²) in [5.41, 5.74) is 1.75. The number of aromatic nitrogens is 2. The lowest BCUT2D eigenvalue weighted by atomic mass is 10.2. The largest absolute Gasteiger partial charge is 0.381 e. The molecule has 2 rings (SSSR count). The Morgan fingerprint density at radius 1 is 1.60 bits per heavy atom. The SMILES string of the molecule is Cc1csc(C(O)c2ccnn2C)c1Cl. The van der Waals surface area contributed by atoms with Crippen LogP contribution < -0.4 is 0 Å². The van der Waals surface area contributed by atoms with Crippen LogP contribution in [0, 0.1) is 6.92 Å². The molecule has 0 aromatic carbocycles. The molecule has 2 aromatic rings. The van der Waals surface area contributed by atoms with Crippen molar-refractivity contribution in [3.63, 3.8) is 0 Å². The lowest BCUT2D eigenvalue weighted by Gasteiger charge is -2.09. The van der Waals surface area contributed by atoms with Gasteiger partial charge in [-0.3, -0.25) is 4.68 Å². The van der Waals surface area contributed by atoms with E-state index in [-0.39, 0.29) is 0 Å². The van der Waals surface area contributed by atoms with Gasteiger partial charge in [-0.05, 0) is 23.9 Å². The third-order valence-corrected chi connectivity index (χ3v) is 4.08. The molecule has 1 unspecified atom stereocenters. The van der Waals surface area contributed by atoms with Crippen molar-refractivity contribution >= 4 is 22.9 Å². The molecule has 0 bridgehead atoms. The average molecular weight is 243 g/mol. The normalized spacial score (nSPS) is 13.1. The standard InChI is InChI=1S/C10H11ClN2OS/c1-6-5-15-10(8(6)11)9(14)7-3-4-12-13(7)2/h3-5,9,14H,1-2H3. The highest BCUT2D eigenvalue weighted by molar-refractivity contribution is 7.10. The van der Waals surface area contributed by atoms with E-state index in [4.69, 9.17) is 11.6 Å². The second-order valence-corrected chi connectivity index (χ2v) is 4.67. The summed E-state index contributed by atoms with van der Waals surface area (Å²) >= 11 is 7.56. The lowest BCUT2D eigenvalue weighted by molar-refractivity contribution is 0.213. The van der Waals surface area contributed by atoms with E-state index in [9.17, 15) is 5.11 Å². The third kappa shape index (κ3) is 1.80. The van der Waals surface area contributed by atoms with Crippen molar-refractivity contribution in [1.82, 2.24) is 9.78 Å². The molecule has 1 atom stereocenters. The molecule has 0 saturated heterocycles. The Bertz CT molecular complexity index is 477. The van der Waals surface area contributed by atoms with Crippen LogP contribution in [-0.4, -0.2) is 14.9 Å². The summed E-state index contributed by atoms with van der Waals surface area (Å²) < 4.78 is 1.65. The van der Waals surface area contributed by atoms with Crippen LogP contribution in [0.3, 0.4) is 0 Å². The Morgan fingerprint density at radius 2 is 2.33 bits per heavy atom. The maximum Gasteiger partial charge on any atom is 0.131 e. The summed E-state index contributed by atoms with van der Waals surface area (Å²) in [5.74, 6) is 0. The number of aliphatic hydroxyl groups is 1. The fourth-order valence-electron chi connectivity index (χ4n) is 1.42. The van der Waals surface area contributed by atoms with E-state index in [1.165, 1.54) is 11.3 Å². The van der Waals surface area contributed by atoms with Crippen LogP contribution in [0.4, 0.5) is 0 Å². The predicted molar refractivity (Wildman–Crippen MR) is 61.3 cm³/mol. The Kier molecular flexibility index (Phi) is 2.82. The third-order valence-electron chi connectivity index (χ3n) is 2.31. The number of rotatable bonds is 2. The second kappa shape index (κ2) is 3.96. The van der Waals surface area contributed by atoms with Crippen LogP contribution >= 0.6 is 22.9 Å². The first-order valence-electron chi connectivity index (χ1n) is 4.50. The van der Waals surface area contributed by atoms with E-state index >= 15 is 0 Å². The van der Waals surface area contributed by atoms with Gasteiger partial charge in [0.05, 0.1) is 15.6 Å². The van der Waals surface area contributed by atoms with Gasteiger partial charge in [-0.25, -0.2) is 0 Å². The molecule has 0 radical (unpaired) electrons. The summed E-state index contributed by atoms with van der Waals surface area (Å²) in [6.45, 7) is 1.93. The van der Waals surface area contributed by atoms with Gasteiger partial charge in [0, 0.05) is 13.2 Å². The molecule has 0 aliphatic rings. The van der Waals surface area contributed by atoms with E-state index in [0.717, 1.165) is 16.1 Å². The molecule has 0 saturated carbocycles. The maximum atomic E-state index is 10.1. The Hall–Kier alpha value is -0.840. The van der Waals surface area contributed by atoms with Gasteiger partial charge in [0.25, 0.3) is 0 Å². The molecule has 5 heteroatoms. The number of aliphatic hydroxyl groups excluding tert-OH is 1. The highest BCUT2D eigenvalue weighted by atomic mass is 35.5. The monoisotopic (exact) mass is 242 g/mol. The predicted octanol–water partition coefficient (Wildman–Crippen LogP) is 2.53. The molecule has 2 aromatic heterocycles. The zero-order chi connectivity index (χ0) is 11.0. The molecule has 0 fully saturated rings. The second-order valence-electron chi connectivity index (χ2n) is 3.38. The van der Waals surface area contributed by atoms with Gasteiger partial charge in [-0.1, -0.05) is 11.6 Å². The summed E-state index contributed by atoms with van der Waals surface area (Å²) in [6, 6.07) is 1.79. The smallest absolute Gasteiger partial charge is 0.131 e. The number of hydrogen-bond acceptors (Lipinski definition) is 3. The van der Waals surface area contributed by atoms with Gasteiger partial charge in [0.2, 0.25) is 0 Å². The molecule has 0 spiro atoms. The minimum Gasteiger partial charge on any atom is -0.381 e. The molecular weight excluding hydrogens is 232 g/mol. The van der Waals surface area contributed by atoms with Crippen molar-refractivity contribution in [2.24, 2.45) is 7.05 Å². The quantitative estimate of drug-likeness (QED) is 0.879. The van der Waals surface area contributed by atoms with Crippen LogP contribution in [0.25, 0.3) is 0 Å². The lowest BCUT2D eigenvalue weighted by Crippen LogP contribution is -2.05. The van der Waals surface area contributed by atoms with Crippen molar-refractivity contribution < 1.29 is 5.11 Å². The number of halogens is 1. The van der Waals surface area contributed by atoms with Crippen molar-refractivity contribution in [3.05, 3.63) is 38.8 Å². The average Bonchev–Trinajstić information content (AvgIpc) is 2.75. The zero-order valence-electron chi connectivity index (χ0n) is 8.44. The van der Waals surface area contributed by atoms with Gasteiger partial charge in [0.15, 0.2) is 0 Å². The van der Waals surface area contributed by atoms with Crippen LogP contribution in [0.2, 0.25) is 5.02 Å². The molecule has 0 amide bonds. The zero-order valence-corrected chi connectivity index (χ0v) is 10.0. The molecule has 15 heavy (non-hydrogen) atoms. The van der Waals surface area contributed by atoms with Gasteiger partial charge >= 0.3 is 0 Å². The molecule has 0 aliphatic heterocycles. The summed E-state index contributed by atoms with van der Waals surface area (Å²) in [7, 11) is 1.80. The molecule has 0 aliphatic carbocycles. The van der Waals surface area contributed by atoms with E-state index in [1.807, 2.05) is 12.3 Å². The minimum atomic E-state index is -0.691. The van der Waals surface area contributed by atoms with Crippen LogP contribution in [0.15, 0.2) is 17.6 Å². The topological polar surface area (TPSA) is 38.1 Å². The first kappa shape index (κ1) is 10.7. The molecular formula is C10H11ClN2OS. The highest BCUT2D eigenvalue weighted by Crippen LogP contribution is 2.35. The maximum absolute atomic E-state index is 10.1. The van der Waals surface area contributed by atoms with E-state index in [0.29, 0.717) is 5.02 Å². The van der Waals surface area contributed by atoms with Crippen LogP contribution in [0.1, 0.15) is 22.2 Å². The fraction of sp³-hybridized carbons (Fsp3) is 0.300. The van der Waals surface area contributed by atoms with Crippen molar-refractivity contribution in [2.45, 2.75) is 13.0 Å². The molecule has 2 heterocycles. The van der Waals surface area contributed by atoms with E-state index in [1.54, 1.807) is 24.0 Å². The number of hydrogen-bond donors (Lipinski definition) is 1. The van der Waals surface area contributed by atoms with Crippen LogP contribution in [-0.2, 0) is 7.05 Å². The Balaban J connectivity index is 2.41. The highest BCUT2D eigenvalue weighted by Gasteiger charge is 2.19. The Morgan fingerprint density at radius 3 is 2.80 bits per heavy atom. The van der Waals surface area contributed by atoms with Crippen LogP contribution in [0.5, 0.6) is 0 Å². The Labute approximate surface area is 96.9 Å². The molecule has 3 nitrogen and oxygen atoms in total. The molecule has 80 valence electrons.